The zero-order chi connectivity index (χ0) is 47.4. The summed E-state index contributed by atoms with van der Waals surface area (Å²) >= 11 is 15.0. The Balaban J connectivity index is 0.000000364. The molecule has 20 atom stereocenters. The van der Waals surface area contributed by atoms with Gasteiger partial charge in [-0.25, -0.2) is 4.79 Å². The van der Waals surface area contributed by atoms with Gasteiger partial charge in [-0.2, -0.15) is 4.99 Å². The molecule has 4 heterocycles. The topological polar surface area (TPSA) is 190 Å². The lowest BCUT2D eigenvalue weighted by Gasteiger charge is -2.48. The van der Waals surface area contributed by atoms with Gasteiger partial charge in [0.15, 0.2) is 18.8 Å². The van der Waals surface area contributed by atoms with E-state index in [2.05, 4.69) is 79.0 Å². The zero-order valence-corrected chi connectivity index (χ0v) is 41.6. The molecule has 0 saturated carbocycles. The van der Waals surface area contributed by atoms with Gasteiger partial charge in [0.1, 0.15) is 31.6 Å². The number of esters is 3. The number of halogens is 3. The molecule has 4 aliphatic heterocycles. The molecule has 0 aliphatic carbocycles. The van der Waals surface area contributed by atoms with Crippen molar-refractivity contribution in [3.8, 4) is 0 Å². The summed E-state index contributed by atoms with van der Waals surface area (Å²) in [6.07, 6.45) is 0.678. The van der Waals surface area contributed by atoms with Gasteiger partial charge < -0.3 is 48.4 Å². The van der Waals surface area contributed by atoms with E-state index in [0.29, 0.717) is 23.7 Å². The monoisotopic (exact) mass is 944 g/mol. The smallest absolute Gasteiger partial charge is 0.340 e. The van der Waals surface area contributed by atoms with Gasteiger partial charge in [-0.05, 0) is 83.2 Å². The van der Waals surface area contributed by atoms with E-state index in [0.717, 1.165) is 19.8 Å². The van der Waals surface area contributed by atoms with Gasteiger partial charge >= 0.3 is 21.9 Å². The molecule has 0 radical (unpaired) electrons. The molecule has 0 bridgehead atoms. The van der Waals surface area contributed by atoms with Gasteiger partial charge in [-0.3, -0.25) is 14.4 Å². The lowest BCUT2D eigenvalue weighted by molar-refractivity contribution is -0.302. The highest BCUT2D eigenvalue weighted by Gasteiger charge is 2.48. The third-order valence-electron chi connectivity index (χ3n) is 13.7. The quantitative estimate of drug-likeness (QED) is 0.0687. The summed E-state index contributed by atoms with van der Waals surface area (Å²) in [6, 6.07) is 0. The van der Waals surface area contributed by atoms with Crippen molar-refractivity contribution in [2.75, 3.05) is 13.2 Å². The molecule has 0 spiro atoms. The highest BCUT2D eigenvalue weighted by molar-refractivity contribution is 6.66. The average molecular weight is 946 g/mol. The molecule has 0 aromatic carbocycles. The first kappa shape index (κ1) is 56.5. The van der Waals surface area contributed by atoms with Gasteiger partial charge in [-0.15, -0.1) is 0 Å². The number of nitrogens with zero attached hydrogens (tertiary/aromatic N) is 1. The molecule has 4 fully saturated rings. The number of carbonyl (C=O) groups excluding carboxylic acids is 4. The van der Waals surface area contributed by atoms with Crippen molar-refractivity contribution < 1.29 is 61.8 Å². The summed E-state index contributed by atoms with van der Waals surface area (Å²) in [5, 5.41) is 0. The third-order valence-corrected chi connectivity index (χ3v) is 14.0. The van der Waals surface area contributed by atoms with Crippen LogP contribution in [0.3, 0.4) is 0 Å². The van der Waals surface area contributed by atoms with E-state index in [1.54, 1.807) is 6.08 Å². The number of isocyanates is 1. The second kappa shape index (κ2) is 25.9. The maximum absolute atomic E-state index is 11.3. The number of aliphatic imine (C=N–C) groups is 1. The lowest BCUT2D eigenvalue weighted by atomic mass is 9.78. The first-order chi connectivity index (χ1) is 28.8. The maximum Gasteiger partial charge on any atom is 0.340 e. The maximum atomic E-state index is 11.3. The average Bonchev–Trinajstić information content (AvgIpc) is 3.19. The number of hydrogen-bond donors (Lipinski definition) is 1. The van der Waals surface area contributed by atoms with Crippen LogP contribution in [0.25, 0.3) is 0 Å². The Hall–Kier alpha value is -1.62. The molecule has 4 aliphatic rings. The Kier molecular flexibility index (Phi) is 23.6. The van der Waals surface area contributed by atoms with E-state index in [-0.39, 0.29) is 104 Å². The van der Waals surface area contributed by atoms with Crippen LogP contribution in [0.5, 0.6) is 0 Å². The molecular formula is C44H75Cl3N2O13. The van der Waals surface area contributed by atoms with Crippen LogP contribution in [0, 0.1) is 59.2 Å². The Morgan fingerprint density at radius 2 is 0.968 bits per heavy atom. The summed E-state index contributed by atoms with van der Waals surface area (Å²) < 4.78 is 50.0. The number of alkyl halides is 3. The van der Waals surface area contributed by atoms with Crippen molar-refractivity contribution in [1.82, 2.24) is 0 Å². The van der Waals surface area contributed by atoms with E-state index < -0.39 is 28.5 Å². The first-order valence-corrected chi connectivity index (χ1v) is 23.2. The molecule has 4 saturated heterocycles. The van der Waals surface area contributed by atoms with Crippen LogP contribution in [0.15, 0.2) is 4.99 Å². The summed E-state index contributed by atoms with van der Waals surface area (Å²) in [7, 11) is 0. The van der Waals surface area contributed by atoms with Crippen LogP contribution >= 0.6 is 34.8 Å². The van der Waals surface area contributed by atoms with Gasteiger partial charge in [0.05, 0.1) is 24.4 Å². The number of nitrogens with two attached hydrogens (primary N) is 1. The van der Waals surface area contributed by atoms with Crippen LogP contribution in [-0.4, -0.2) is 103 Å². The second-order valence-electron chi connectivity index (χ2n) is 17.8. The SMILES string of the molecule is CC(=O)OC(Cl)(Cl)Cl.CCC1OC(OC2C(COC(C)=O)OC(N)C(C)C2C)C(C)C(C)C1C.CCC1OC(OC2C(COC(C)=O)OC(N=C=O)C(C)C2C)C(C)C(C)C1C. The fraction of sp³-hybridized carbons (Fsp3) is 0.909. The summed E-state index contributed by atoms with van der Waals surface area (Å²) in [4.78, 5) is 47.1. The number of carbonyl (C=O) groups is 3. The van der Waals surface area contributed by atoms with Crippen molar-refractivity contribution >= 4 is 58.8 Å². The molecule has 360 valence electrons. The largest absolute Gasteiger partial charge is 0.463 e. The third kappa shape index (κ3) is 16.4. The van der Waals surface area contributed by atoms with Crippen molar-refractivity contribution in [3.63, 3.8) is 0 Å². The van der Waals surface area contributed by atoms with E-state index in [1.165, 1.54) is 13.8 Å². The predicted octanol–water partition coefficient (Wildman–Crippen LogP) is 8.12. The fourth-order valence-electron chi connectivity index (χ4n) is 8.60. The van der Waals surface area contributed by atoms with Crippen molar-refractivity contribution in [2.24, 2.45) is 69.9 Å². The van der Waals surface area contributed by atoms with E-state index >= 15 is 0 Å². The molecule has 62 heavy (non-hydrogen) atoms. The Morgan fingerprint density at radius 3 is 1.31 bits per heavy atom. The molecule has 20 unspecified atom stereocenters. The predicted molar refractivity (Wildman–Crippen MR) is 234 cm³/mol. The van der Waals surface area contributed by atoms with E-state index in [1.807, 2.05) is 13.8 Å². The Labute approximate surface area is 384 Å². The fourth-order valence-corrected chi connectivity index (χ4v) is 8.93. The Morgan fingerprint density at radius 1 is 0.565 bits per heavy atom. The summed E-state index contributed by atoms with van der Waals surface area (Å²) in [5.74, 6) is 1.38. The number of hydrogen-bond acceptors (Lipinski definition) is 15. The summed E-state index contributed by atoms with van der Waals surface area (Å²) in [5.41, 5.74) is 6.12. The standard InChI is InChI=1S/C21H35NO6.C20H37NO5.C3H3Cl3O2/c1-8-17-12(3)11(2)15(6)21(27-17)28-19-13(4)14(5)20(22-10-23)26-18(19)9-25-16(7)24;1-8-16-11(3)10(2)14(6)20(25-16)26-18-12(4)13(5)19(21)24-17(18)9-23-15(7)22;1-2(7)8-3(4,5)6/h11-15,17-21H,8-9H2,1-7H3;10-14,16-20H,8-9,21H2,1-7H3;1H3. The van der Waals surface area contributed by atoms with Crippen LogP contribution in [0.4, 0.5) is 0 Å². The molecule has 18 heteroatoms. The molecular weight excluding hydrogens is 871 g/mol. The molecule has 0 amide bonds. The van der Waals surface area contributed by atoms with E-state index in [4.69, 9.17) is 78.4 Å². The van der Waals surface area contributed by atoms with Gasteiger partial charge in [0.2, 0.25) is 6.08 Å². The van der Waals surface area contributed by atoms with Crippen LogP contribution < -0.4 is 5.73 Å². The highest BCUT2D eigenvalue weighted by Crippen LogP contribution is 2.42. The minimum absolute atomic E-state index is 0.0296. The second-order valence-corrected chi connectivity index (χ2v) is 19.9. The minimum Gasteiger partial charge on any atom is -0.463 e. The first-order valence-electron chi connectivity index (χ1n) is 22.1. The van der Waals surface area contributed by atoms with Crippen molar-refractivity contribution in [1.29, 1.82) is 0 Å². The molecule has 0 aromatic rings. The van der Waals surface area contributed by atoms with Crippen LogP contribution in [0.1, 0.15) is 117 Å². The minimum atomic E-state index is -1.91. The Bertz CT molecular complexity index is 1450. The normalized spacial score (nSPS) is 40.8. The lowest BCUT2D eigenvalue weighted by Crippen LogP contribution is -2.57. The molecule has 4 rings (SSSR count). The number of ether oxygens (including phenoxy) is 9. The van der Waals surface area contributed by atoms with Crippen LogP contribution in [-0.2, 0) is 61.8 Å². The summed E-state index contributed by atoms with van der Waals surface area (Å²) in [6.45, 7) is 29.9. The molecule has 2 N–H and O–H groups in total. The van der Waals surface area contributed by atoms with Crippen molar-refractivity contribution in [3.05, 3.63) is 0 Å². The zero-order valence-electron chi connectivity index (χ0n) is 39.3. The van der Waals surface area contributed by atoms with E-state index in [9.17, 15) is 19.2 Å². The molecule has 15 nitrogen and oxygen atoms in total. The van der Waals surface area contributed by atoms with Crippen molar-refractivity contribution in [2.45, 2.75) is 182 Å². The van der Waals surface area contributed by atoms with Crippen LogP contribution in [0.2, 0.25) is 0 Å². The van der Waals surface area contributed by atoms with Gasteiger partial charge in [-0.1, -0.05) is 83.1 Å². The van der Waals surface area contributed by atoms with Gasteiger partial charge in [0.25, 0.3) is 0 Å². The number of rotatable bonds is 11. The highest BCUT2D eigenvalue weighted by atomic mass is 35.6. The molecule has 0 aromatic heterocycles. The van der Waals surface area contributed by atoms with Gasteiger partial charge in [0, 0.05) is 44.4 Å².